The Bertz CT molecular complexity index is 326. The number of allylic oxidation sites excluding steroid dienone is 1. The van der Waals surface area contributed by atoms with Crippen LogP contribution in [-0.2, 0) is 6.42 Å². The maximum atomic E-state index is 5.90. The Balaban J connectivity index is 2.53. The van der Waals surface area contributed by atoms with Crippen LogP contribution in [0.4, 0.5) is 0 Å². The second-order valence-electron chi connectivity index (χ2n) is 3.46. The molecule has 0 aromatic heterocycles. The Hall–Kier alpha value is -1.24. The lowest BCUT2D eigenvalue weighted by Crippen LogP contribution is -2.11. The molecule has 0 heterocycles. The van der Waals surface area contributed by atoms with E-state index in [4.69, 9.17) is 5.73 Å². The van der Waals surface area contributed by atoms with E-state index in [1.165, 1.54) is 11.1 Å². The molecule has 1 aromatic rings. The number of nitrogens with two attached hydrogens (primary N) is 1. The van der Waals surface area contributed by atoms with Gasteiger partial charge in [-0.3, -0.25) is 0 Å². The highest BCUT2D eigenvalue weighted by atomic mass is 14.6. The molecule has 0 spiro atoms. The summed E-state index contributed by atoms with van der Waals surface area (Å²) < 4.78 is 0. The van der Waals surface area contributed by atoms with Gasteiger partial charge in [-0.1, -0.05) is 37.3 Å². The molecule has 1 aliphatic rings. The highest BCUT2D eigenvalue weighted by Crippen LogP contribution is 2.25. The zero-order valence-corrected chi connectivity index (χ0v) is 7.25. The lowest BCUT2D eigenvalue weighted by atomic mass is 9.89. The second kappa shape index (κ2) is 2.67. The smallest absolute Gasteiger partial charge is 0.0352 e. The highest BCUT2D eigenvalue weighted by Gasteiger charge is 2.13. The topological polar surface area (TPSA) is 26.0 Å². The summed E-state index contributed by atoms with van der Waals surface area (Å²) in [6.07, 6.45) is 3.26. The van der Waals surface area contributed by atoms with Gasteiger partial charge in [0, 0.05) is 11.3 Å². The van der Waals surface area contributed by atoms with E-state index in [0.29, 0.717) is 5.92 Å². The van der Waals surface area contributed by atoms with Crippen molar-refractivity contribution in [2.75, 3.05) is 0 Å². The Labute approximate surface area is 72.9 Å². The molecule has 1 atom stereocenters. The number of benzene rings is 1. The first-order valence-electron chi connectivity index (χ1n) is 4.33. The van der Waals surface area contributed by atoms with Crippen LogP contribution in [-0.4, -0.2) is 0 Å². The molecule has 1 aliphatic carbocycles. The quantitative estimate of drug-likeness (QED) is 0.617. The fraction of sp³-hybridized carbons (Fsp3) is 0.273. The number of hydrogen-bond acceptors (Lipinski definition) is 1. The maximum Gasteiger partial charge on any atom is 0.0352 e. The fourth-order valence-electron chi connectivity index (χ4n) is 1.78. The Morgan fingerprint density at radius 2 is 2.08 bits per heavy atom. The van der Waals surface area contributed by atoms with Crippen LogP contribution in [0.2, 0.25) is 0 Å². The Morgan fingerprint density at radius 1 is 1.33 bits per heavy atom. The standard InChI is InChI=1S/C11H13N/c1-8-6-9-4-2-3-5-10(9)11(12)7-8/h2-5,7-8H,6,12H2,1H3. The second-order valence-corrected chi connectivity index (χ2v) is 3.46. The van der Waals surface area contributed by atoms with Gasteiger partial charge < -0.3 is 5.73 Å². The molecule has 0 aliphatic heterocycles. The van der Waals surface area contributed by atoms with Gasteiger partial charge in [0.25, 0.3) is 0 Å². The average molecular weight is 159 g/mol. The van der Waals surface area contributed by atoms with Gasteiger partial charge in [0.05, 0.1) is 0 Å². The molecule has 62 valence electrons. The van der Waals surface area contributed by atoms with Crippen molar-refractivity contribution in [3.63, 3.8) is 0 Å². The van der Waals surface area contributed by atoms with E-state index in [2.05, 4.69) is 31.2 Å². The third-order valence-corrected chi connectivity index (χ3v) is 2.33. The van der Waals surface area contributed by atoms with Gasteiger partial charge >= 0.3 is 0 Å². The summed E-state index contributed by atoms with van der Waals surface area (Å²) in [4.78, 5) is 0. The highest BCUT2D eigenvalue weighted by molar-refractivity contribution is 5.67. The van der Waals surface area contributed by atoms with E-state index in [1.807, 2.05) is 6.07 Å². The molecular formula is C11H13N. The van der Waals surface area contributed by atoms with Gasteiger partial charge in [0.15, 0.2) is 0 Å². The van der Waals surface area contributed by atoms with Crippen molar-refractivity contribution < 1.29 is 0 Å². The number of rotatable bonds is 0. The van der Waals surface area contributed by atoms with Crippen LogP contribution in [0, 0.1) is 5.92 Å². The largest absolute Gasteiger partial charge is 0.398 e. The molecule has 1 unspecified atom stereocenters. The zero-order chi connectivity index (χ0) is 8.55. The lowest BCUT2D eigenvalue weighted by molar-refractivity contribution is 0.712. The monoisotopic (exact) mass is 159 g/mol. The summed E-state index contributed by atoms with van der Waals surface area (Å²) in [6.45, 7) is 2.20. The van der Waals surface area contributed by atoms with Crippen LogP contribution >= 0.6 is 0 Å². The van der Waals surface area contributed by atoms with Gasteiger partial charge in [-0.05, 0) is 17.9 Å². The van der Waals surface area contributed by atoms with Gasteiger partial charge in [0.1, 0.15) is 0 Å². The minimum atomic E-state index is 0.583. The van der Waals surface area contributed by atoms with Gasteiger partial charge in [-0.15, -0.1) is 0 Å². The summed E-state index contributed by atoms with van der Waals surface area (Å²) in [5.41, 5.74) is 9.43. The normalized spacial score (nSPS) is 21.4. The average Bonchev–Trinajstić information content (AvgIpc) is 2.04. The first-order valence-corrected chi connectivity index (χ1v) is 4.33. The summed E-state index contributed by atoms with van der Waals surface area (Å²) >= 11 is 0. The van der Waals surface area contributed by atoms with Crippen molar-refractivity contribution in [3.8, 4) is 0 Å². The van der Waals surface area contributed by atoms with Crippen molar-refractivity contribution >= 4 is 5.70 Å². The van der Waals surface area contributed by atoms with Crippen LogP contribution in [0.15, 0.2) is 30.3 Å². The van der Waals surface area contributed by atoms with Crippen molar-refractivity contribution in [2.45, 2.75) is 13.3 Å². The SMILES string of the molecule is CC1C=C(N)c2ccccc2C1. The molecule has 12 heavy (non-hydrogen) atoms. The molecule has 0 bridgehead atoms. The van der Waals surface area contributed by atoms with Gasteiger partial charge in [-0.25, -0.2) is 0 Å². The molecule has 1 aromatic carbocycles. The molecule has 1 heteroatoms. The molecule has 2 rings (SSSR count). The van der Waals surface area contributed by atoms with Crippen molar-refractivity contribution in [1.82, 2.24) is 0 Å². The molecule has 0 fully saturated rings. The fourth-order valence-corrected chi connectivity index (χ4v) is 1.78. The van der Waals surface area contributed by atoms with Crippen molar-refractivity contribution in [1.29, 1.82) is 0 Å². The summed E-state index contributed by atoms with van der Waals surface area (Å²) in [7, 11) is 0. The minimum absolute atomic E-state index is 0.583. The summed E-state index contributed by atoms with van der Waals surface area (Å²) in [5.74, 6) is 0.583. The third kappa shape index (κ3) is 1.11. The van der Waals surface area contributed by atoms with Crippen LogP contribution in [0.1, 0.15) is 18.1 Å². The third-order valence-electron chi connectivity index (χ3n) is 2.33. The van der Waals surface area contributed by atoms with Crippen LogP contribution in [0.5, 0.6) is 0 Å². The maximum absolute atomic E-state index is 5.90. The van der Waals surface area contributed by atoms with E-state index < -0.39 is 0 Å². The minimum Gasteiger partial charge on any atom is -0.398 e. The van der Waals surface area contributed by atoms with E-state index in [-0.39, 0.29) is 0 Å². The van der Waals surface area contributed by atoms with E-state index in [9.17, 15) is 0 Å². The predicted octanol–water partition coefficient (Wildman–Crippen LogP) is 2.18. The molecule has 0 radical (unpaired) electrons. The van der Waals surface area contributed by atoms with Gasteiger partial charge in [0.2, 0.25) is 0 Å². The summed E-state index contributed by atoms with van der Waals surface area (Å²) in [5, 5.41) is 0. The van der Waals surface area contributed by atoms with E-state index in [0.717, 1.165) is 12.1 Å². The lowest BCUT2D eigenvalue weighted by Gasteiger charge is -2.18. The Kier molecular flexibility index (Phi) is 1.65. The van der Waals surface area contributed by atoms with E-state index >= 15 is 0 Å². The van der Waals surface area contributed by atoms with Crippen LogP contribution < -0.4 is 5.73 Å². The molecule has 0 amide bonds. The summed E-state index contributed by atoms with van der Waals surface area (Å²) in [6, 6.07) is 8.36. The molecule has 2 N–H and O–H groups in total. The van der Waals surface area contributed by atoms with E-state index in [1.54, 1.807) is 0 Å². The number of fused-ring (bicyclic) bond motifs is 1. The van der Waals surface area contributed by atoms with Crippen LogP contribution in [0.25, 0.3) is 5.70 Å². The molecule has 1 nitrogen and oxygen atoms in total. The van der Waals surface area contributed by atoms with Gasteiger partial charge in [-0.2, -0.15) is 0 Å². The molecule has 0 saturated heterocycles. The Morgan fingerprint density at radius 3 is 2.92 bits per heavy atom. The van der Waals surface area contributed by atoms with Crippen molar-refractivity contribution in [3.05, 3.63) is 41.5 Å². The first-order chi connectivity index (χ1) is 5.77. The predicted molar refractivity (Wildman–Crippen MR) is 51.5 cm³/mol. The first kappa shape index (κ1) is 7.41. The van der Waals surface area contributed by atoms with Crippen molar-refractivity contribution in [2.24, 2.45) is 11.7 Å². The molecule has 0 saturated carbocycles. The zero-order valence-electron chi connectivity index (χ0n) is 7.25. The van der Waals surface area contributed by atoms with Crippen LogP contribution in [0.3, 0.4) is 0 Å². The number of hydrogen-bond donors (Lipinski definition) is 1. The molecular weight excluding hydrogens is 146 g/mol.